The topological polar surface area (TPSA) is 61.4 Å². The average Bonchev–Trinajstić information content (AvgIpc) is 3.39. The van der Waals surface area contributed by atoms with E-state index < -0.39 is 0 Å². The van der Waals surface area contributed by atoms with Crippen LogP contribution in [0.4, 0.5) is 0 Å². The first-order valence-electron chi connectivity index (χ1n) is 11.3. The summed E-state index contributed by atoms with van der Waals surface area (Å²) in [6.07, 6.45) is 1.65. The highest BCUT2D eigenvalue weighted by Gasteiger charge is 2.29. The Morgan fingerprint density at radius 1 is 1.30 bits per heavy atom. The van der Waals surface area contributed by atoms with Crippen LogP contribution in [0.2, 0.25) is 0 Å². The fourth-order valence-corrected chi connectivity index (χ4v) is 6.36. The van der Waals surface area contributed by atoms with Crippen molar-refractivity contribution in [2.45, 2.75) is 58.0 Å². The van der Waals surface area contributed by atoms with Gasteiger partial charge in [0, 0.05) is 23.6 Å². The van der Waals surface area contributed by atoms with Gasteiger partial charge in [0.25, 0.3) is 5.56 Å². The SMILES string of the molecule is C=C(C)CSc1nnc2n(CCc3ccccc3)c(=O)c3c4c(sc3n12)CO[C@@H](C(C)C)C4. The Bertz CT molecular complexity index is 1380. The number of aromatic nitrogens is 4. The van der Waals surface area contributed by atoms with Crippen molar-refractivity contribution in [3.05, 3.63) is 68.8 Å². The molecule has 1 aliphatic rings. The van der Waals surface area contributed by atoms with Gasteiger partial charge in [0.15, 0.2) is 5.16 Å². The summed E-state index contributed by atoms with van der Waals surface area (Å²) in [6, 6.07) is 10.3. The predicted octanol–water partition coefficient (Wildman–Crippen LogP) is 5.11. The van der Waals surface area contributed by atoms with Crippen molar-refractivity contribution in [2.24, 2.45) is 5.92 Å². The van der Waals surface area contributed by atoms with Crippen molar-refractivity contribution in [3.8, 4) is 0 Å². The first kappa shape index (κ1) is 22.4. The summed E-state index contributed by atoms with van der Waals surface area (Å²) in [5.74, 6) is 1.76. The summed E-state index contributed by atoms with van der Waals surface area (Å²) in [6.45, 7) is 11.5. The summed E-state index contributed by atoms with van der Waals surface area (Å²) in [7, 11) is 0. The zero-order chi connectivity index (χ0) is 23.1. The molecule has 33 heavy (non-hydrogen) atoms. The molecule has 8 heteroatoms. The van der Waals surface area contributed by atoms with Gasteiger partial charge in [-0.2, -0.15) is 0 Å². The molecular weight excluding hydrogens is 452 g/mol. The van der Waals surface area contributed by atoms with E-state index in [0.29, 0.717) is 24.8 Å². The van der Waals surface area contributed by atoms with Crippen LogP contribution in [-0.4, -0.2) is 31.0 Å². The number of thioether (sulfide) groups is 1. The summed E-state index contributed by atoms with van der Waals surface area (Å²) in [4.78, 5) is 15.9. The van der Waals surface area contributed by atoms with Crippen molar-refractivity contribution in [3.63, 3.8) is 0 Å². The van der Waals surface area contributed by atoms with Crippen LogP contribution < -0.4 is 5.56 Å². The summed E-state index contributed by atoms with van der Waals surface area (Å²) >= 11 is 3.25. The highest BCUT2D eigenvalue weighted by Crippen LogP contribution is 2.37. The van der Waals surface area contributed by atoms with Crippen LogP contribution in [0.15, 0.2) is 52.4 Å². The molecule has 5 rings (SSSR count). The largest absolute Gasteiger partial charge is 0.372 e. The minimum absolute atomic E-state index is 0.0270. The minimum atomic E-state index is 0.0270. The van der Waals surface area contributed by atoms with E-state index in [2.05, 4.69) is 47.2 Å². The molecule has 0 aliphatic carbocycles. The van der Waals surface area contributed by atoms with Gasteiger partial charge in [0.2, 0.25) is 5.78 Å². The lowest BCUT2D eigenvalue weighted by Crippen LogP contribution is -2.29. The second-order valence-electron chi connectivity index (χ2n) is 9.04. The molecule has 0 radical (unpaired) electrons. The zero-order valence-corrected chi connectivity index (χ0v) is 20.8. The molecule has 0 unspecified atom stereocenters. The van der Waals surface area contributed by atoms with Crippen LogP contribution >= 0.6 is 23.1 Å². The average molecular weight is 481 g/mol. The molecule has 6 nitrogen and oxygen atoms in total. The Hall–Kier alpha value is -2.42. The number of aryl methyl sites for hydroxylation is 2. The lowest BCUT2D eigenvalue weighted by Gasteiger charge is -2.26. The molecule has 0 amide bonds. The Kier molecular flexibility index (Phi) is 6.16. The first-order valence-corrected chi connectivity index (χ1v) is 13.1. The first-order chi connectivity index (χ1) is 15.9. The van der Waals surface area contributed by atoms with Crippen molar-refractivity contribution in [1.82, 2.24) is 19.2 Å². The number of thiophene rings is 1. The fraction of sp³-hybridized carbons (Fsp3) is 0.400. The number of fused-ring (bicyclic) bond motifs is 5. The molecule has 0 N–H and O–H groups in total. The normalized spacial score (nSPS) is 16.1. The number of hydrogen-bond donors (Lipinski definition) is 0. The maximum Gasteiger partial charge on any atom is 0.263 e. The third kappa shape index (κ3) is 4.16. The van der Waals surface area contributed by atoms with Gasteiger partial charge in [0.1, 0.15) is 4.83 Å². The lowest BCUT2D eigenvalue weighted by molar-refractivity contribution is 0.00200. The zero-order valence-electron chi connectivity index (χ0n) is 19.2. The highest BCUT2D eigenvalue weighted by atomic mass is 32.2. The maximum absolute atomic E-state index is 13.9. The molecule has 1 aliphatic heterocycles. The van der Waals surface area contributed by atoms with Crippen LogP contribution in [0.25, 0.3) is 16.0 Å². The van der Waals surface area contributed by atoms with Gasteiger partial charge in [-0.15, -0.1) is 21.5 Å². The minimum Gasteiger partial charge on any atom is -0.372 e. The van der Waals surface area contributed by atoms with Gasteiger partial charge in [-0.3, -0.25) is 9.36 Å². The molecule has 0 saturated carbocycles. The summed E-state index contributed by atoms with van der Waals surface area (Å²) in [5.41, 5.74) is 3.44. The quantitative estimate of drug-likeness (QED) is 0.272. The Morgan fingerprint density at radius 3 is 2.82 bits per heavy atom. The van der Waals surface area contributed by atoms with E-state index in [1.54, 1.807) is 27.7 Å². The number of ether oxygens (including phenoxy) is 1. The molecule has 4 heterocycles. The van der Waals surface area contributed by atoms with E-state index in [0.717, 1.165) is 50.0 Å². The van der Waals surface area contributed by atoms with E-state index >= 15 is 0 Å². The molecule has 4 aromatic rings. The van der Waals surface area contributed by atoms with Crippen molar-refractivity contribution in [1.29, 1.82) is 0 Å². The van der Waals surface area contributed by atoms with Gasteiger partial charge in [-0.05, 0) is 30.4 Å². The number of rotatable bonds is 7. The molecule has 0 bridgehead atoms. The van der Waals surface area contributed by atoms with Gasteiger partial charge in [-0.25, -0.2) is 4.40 Å². The van der Waals surface area contributed by atoms with Gasteiger partial charge in [-0.1, -0.05) is 68.1 Å². The van der Waals surface area contributed by atoms with Crippen LogP contribution in [0, 0.1) is 5.92 Å². The smallest absolute Gasteiger partial charge is 0.263 e. The van der Waals surface area contributed by atoms with Crippen molar-refractivity contribution < 1.29 is 4.74 Å². The number of nitrogens with zero attached hydrogens (tertiary/aromatic N) is 4. The highest BCUT2D eigenvalue weighted by molar-refractivity contribution is 7.99. The van der Waals surface area contributed by atoms with E-state index in [1.807, 2.05) is 25.1 Å². The molecule has 0 spiro atoms. The second kappa shape index (κ2) is 9.08. The van der Waals surface area contributed by atoms with E-state index in [-0.39, 0.29) is 11.7 Å². The second-order valence-corrected chi connectivity index (χ2v) is 11.1. The maximum atomic E-state index is 13.9. The Morgan fingerprint density at radius 2 is 2.09 bits per heavy atom. The van der Waals surface area contributed by atoms with Gasteiger partial charge in [0.05, 0.1) is 18.1 Å². The van der Waals surface area contributed by atoms with Gasteiger partial charge >= 0.3 is 0 Å². The van der Waals surface area contributed by atoms with E-state index in [4.69, 9.17) is 4.74 Å². The summed E-state index contributed by atoms with van der Waals surface area (Å²) < 4.78 is 10.00. The number of benzene rings is 1. The van der Waals surface area contributed by atoms with Crippen LogP contribution in [0.1, 0.15) is 36.8 Å². The molecule has 172 valence electrons. The molecule has 3 aromatic heterocycles. The molecule has 0 saturated heterocycles. The molecular formula is C25H28N4O2S2. The Labute approximate surface area is 201 Å². The Balaban J connectivity index is 1.69. The van der Waals surface area contributed by atoms with Crippen LogP contribution in [-0.2, 0) is 30.7 Å². The molecule has 1 atom stereocenters. The van der Waals surface area contributed by atoms with Crippen molar-refractivity contribution >= 4 is 39.1 Å². The van der Waals surface area contributed by atoms with Gasteiger partial charge < -0.3 is 4.74 Å². The van der Waals surface area contributed by atoms with Crippen molar-refractivity contribution in [2.75, 3.05) is 5.75 Å². The van der Waals surface area contributed by atoms with E-state index in [9.17, 15) is 4.79 Å². The summed E-state index contributed by atoms with van der Waals surface area (Å²) in [5, 5.41) is 10.5. The van der Waals surface area contributed by atoms with Crippen LogP contribution in [0.5, 0.6) is 0 Å². The number of hydrogen-bond acceptors (Lipinski definition) is 6. The third-order valence-corrected chi connectivity index (χ3v) is 8.43. The van der Waals surface area contributed by atoms with Crippen LogP contribution in [0.3, 0.4) is 0 Å². The monoisotopic (exact) mass is 480 g/mol. The van der Waals surface area contributed by atoms with E-state index in [1.165, 1.54) is 5.56 Å². The lowest BCUT2D eigenvalue weighted by atomic mass is 9.96. The molecule has 0 fully saturated rings. The molecule has 1 aromatic carbocycles. The predicted molar refractivity (Wildman–Crippen MR) is 135 cm³/mol. The standard InChI is InChI=1S/C25H28N4O2S2/c1-15(2)14-32-25-27-26-24-28(11-10-17-8-6-5-7-9-17)22(30)21-18-12-19(16(3)4)31-13-20(18)33-23(21)29(24)25/h5-9,16,19H,1,10-14H2,2-4H3/t19-/m1/s1. The third-order valence-electron chi connectivity index (χ3n) is 6.08. The fourth-order valence-electron chi connectivity index (χ4n) is 4.29.